The number of rotatable bonds is 2. The Kier molecular flexibility index (Phi) is 3.16. The monoisotopic (exact) mass is 244 g/mol. The Morgan fingerprint density at radius 1 is 1.33 bits per heavy atom. The van der Waals surface area contributed by atoms with Gasteiger partial charge in [-0.25, -0.2) is 0 Å². The number of likely N-dealkylation sites (tertiary alicyclic amines) is 1. The van der Waals surface area contributed by atoms with E-state index >= 15 is 0 Å². The van der Waals surface area contributed by atoms with Crippen LogP contribution in [0.3, 0.4) is 0 Å². The lowest BCUT2D eigenvalue weighted by molar-refractivity contribution is 0.136. The summed E-state index contributed by atoms with van der Waals surface area (Å²) in [5.74, 6) is 1.67. The highest BCUT2D eigenvalue weighted by Gasteiger charge is 2.46. The van der Waals surface area contributed by atoms with Crippen molar-refractivity contribution in [1.82, 2.24) is 10.2 Å². The molecule has 2 aliphatic rings. The van der Waals surface area contributed by atoms with Gasteiger partial charge in [-0.2, -0.15) is 0 Å². The van der Waals surface area contributed by atoms with E-state index in [0.717, 1.165) is 18.4 Å². The van der Waals surface area contributed by atoms with Crippen LogP contribution in [0.1, 0.15) is 19.4 Å². The highest BCUT2D eigenvalue weighted by atomic mass is 15.2. The van der Waals surface area contributed by atoms with Gasteiger partial charge in [-0.1, -0.05) is 44.2 Å². The first-order chi connectivity index (χ1) is 8.67. The maximum atomic E-state index is 3.60. The summed E-state index contributed by atoms with van der Waals surface area (Å²) in [6.45, 7) is 10.9. The van der Waals surface area contributed by atoms with E-state index in [2.05, 4.69) is 54.4 Å². The molecular weight excluding hydrogens is 220 g/mol. The Bertz CT molecular complexity index is 403. The number of nitrogens with zero attached hydrogens (tertiary/aromatic N) is 1. The lowest BCUT2D eigenvalue weighted by Crippen LogP contribution is -2.48. The van der Waals surface area contributed by atoms with E-state index in [4.69, 9.17) is 0 Å². The molecule has 2 heterocycles. The van der Waals surface area contributed by atoms with E-state index < -0.39 is 0 Å². The number of benzene rings is 1. The zero-order valence-electron chi connectivity index (χ0n) is 11.5. The molecule has 1 N–H and O–H groups in total. The van der Waals surface area contributed by atoms with Crippen LogP contribution in [0.25, 0.3) is 0 Å². The fourth-order valence-electron chi connectivity index (χ4n) is 3.93. The van der Waals surface area contributed by atoms with Crippen LogP contribution < -0.4 is 5.32 Å². The second kappa shape index (κ2) is 4.67. The van der Waals surface area contributed by atoms with E-state index in [-0.39, 0.29) is 0 Å². The van der Waals surface area contributed by atoms with Gasteiger partial charge < -0.3 is 5.32 Å². The Morgan fingerprint density at radius 2 is 2.11 bits per heavy atom. The van der Waals surface area contributed by atoms with Crippen LogP contribution >= 0.6 is 0 Å². The molecule has 18 heavy (non-hydrogen) atoms. The SMILES string of the molecule is CC1CNC[C@@]2(C)CN(Cc3ccccc3)C[C@H]12. The summed E-state index contributed by atoms with van der Waals surface area (Å²) in [6.07, 6.45) is 0. The lowest BCUT2D eigenvalue weighted by Gasteiger charge is -2.40. The van der Waals surface area contributed by atoms with Crippen LogP contribution in [0.15, 0.2) is 30.3 Å². The first kappa shape index (κ1) is 12.2. The molecule has 0 aromatic heterocycles. The van der Waals surface area contributed by atoms with Gasteiger partial charge in [0.25, 0.3) is 0 Å². The summed E-state index contributed by atoms with van der Waals surface area (Å²) in [4.78, 5) is 2.64. The number of nitrogens with one attached hydrogen (secondary N) is 1. The fourth-order valence-corrected chi connectivity index (χ4v) is 3.93. The van der Waals surface area contributed by atoms with E-state index in [1.807, 2.05) is 0 Å². The quantitative estimate of drug-likeness (QED) is 0.859. The molecule has 3 rings (SSSR count). The zero-order chi connectivity index (χ0) is 12.6. The minimum absolute atomic E-state index is 0.479. The lowest BCUT2D eigenvalue weighted by atomic mass is 9.71. The summed E-state index contributed by atoms with van der Waals surface area (Å²) in [7, 11) is 0. The average Bonchev–Trinajstić information content (AvgIpc) is 2.68. The van der Waals surface area contributed by atoms with Gasteiger partial charge in [0.15, 0.2) is 0 Å². The molecule has 3 atom stereocenters. The number of hydrogen-bond acceptors (Lipinski definition) is 2. The number of fused-ring (bicyclic) bond motifs is 1. The summed E-state index contributed by atoms with van der Waals surface area (Å²) in [5, 5.41) is 3.60. The molecule has 2 nitrogen and oxygen atoms in total. The molecule has 0 spiro atoms. The van der Waals surface area contributed by atoms with Crippen molar-refractivity contribution in [3.05, 3.63) is 35.9 Å². The third-order valence-electron chi connectivity index (χ3n) is 4.87. The van der Waals surface area contributed by atoms with Gasteiger partial charge in [-0.15, -0.1) is 0 Å². The van der Waals surface area contributed by atoms with Crippen molar-refractivity contribution >= 4 is 0 Å². The Hall–Kier alpha value is -0.860. The van der Waals surface area contributed by atoms with Crippen LogP contribution in [0.5, 0.6) is 0 Å². The summed E-state index contributed by atoms with van der Waals surface area (Å²) in [5.41, 5.74) is 1.92. The Morgan fingerprint density at radius 3 is 2.83 bits per heavy atom. The van der Waals surface area contributed by atoms with Crippen LogP contribution in [0.2, 0.25) is 0 Å². The molecule has 2 fully saturated rings. The van der Waals surface area contributed by atoms with E-state index in [1.54, 1.807) is 0 Å². The summed E-state index contributed by atoms with van der Waals surface area (Å²) in [6, 6.07) is 10.9. The molecule has 1 unspecified atom stereocenters. The minimum atomic E-state index is 0.479. The van der Waals surface area contributed by atoms with Crippen molar-refractivity contribution in [3.63, 3.8) is 0 Å². The summed E-state index contributed by atoms with van der Waals surface area (Å²) < 4.78 is 0. The molecule has 0 aliphatic carbocycles. The second-order valence-corrected chi connectivity index (χ2v) is 6.52. The van der Waals surface area contributed by atoms with Crippen LogP contribution in [0, 0.1) is 17.3 Å². The molecule has 1 aromatic rings. The highest BCUT2D eigenvalue weighted by Crippen LogP contribution is 2.42. The van der Waals surface area contributed by atoms with Gasteiger partial charge in [0, 0.05) is 26.2 Å². The highest BCUT2D eigenvalue weighted by molar-refractivity contribution is 5.15. The largest absolute Gasteiger partial charge is 0.316 e. The van der Waals surface area contributed by atoms with Crippen LogP contribution in [-0.4, -0.2) is 31.1 Å². The molecule has 1 aromatic carbocycles. The predicted octanol–water partition coefficient (Wildman–Crippen LogP) is 2.36. The first-order valence-corrected chi connectivity index (χ1v) is 7.14. The molecule has 2 saturated heterocycles. The van der Waals surface area contributed by atoms with Crippen LogP contribution in [-0.2, 0) is 6.54 Å². The van der Waals surface area contributed by atoms with Crippen molar-refractivity contribution in [2.24, 2.45) is 17.3 Å². The van der Waals surface area contributed by atoms with Gasteiger partial charge in [0.1, 0.15) is 0 Å². The molecule has 98 valence electrons. The van der Waals surface area contributed by atoms with Crippen molar-refractivity contribution in [1.29, 1.82) is 0 Å². The first-order valence-electron chi connectivity index (χ1n) is 7.14. The maximum absolute atomic E-state index is 3.60. The third-order valence-corrected chi connectivity index (χ3v) is 4.87. The van der Waals surface area contributed by atoms with Gasteiger partial charge >= 0.3 is 0 Å². The Labute approximate surface area is 110 Å². The minimum Gasteiger partial charge on any atom is -0.316 e. The van der Waals surface area contributed by atoms with E-state index in [1.165, 1.54) is 31.7 Å². The predicted molar refractivity (Wildman–Crippen MR) is 75.3 cm³/mol. The fraction of sp³-hybridized carbons (Fsp3) is 0.625. The molecule has 0 amide bonds. The average molecular weight is 244 g/mol. The van der Waals surface area contributed by atoms with Crippen molar-refractivity contribution in [2.45, 2.75) is 20.4 Å². The normalized spacial score (nSPS) is 36.6. The summed E-state index contributed by atoms with van der Waals surface area (Å²) >= 11 is 0. The molecule has 0 radical (unpaired) electrons. The van der Waals surface area contributed by atoms with Gasteiger partial charge in [0.2, 0.25) is 0 Å². The van der Waals surface area contributed by atoms with Gasteiger partial charge in [-0.3, -0.25) is 4.90 Å². The van der Waals surface area contributed by atoms with Crippen molar-refractivity contribution < 1.29 is 0 Å². The molecule has 0 bridgehead atoms. The van der Waals surface area contributed by atoms with Crippen molar-refractivity contribution in [3.8, 4) is 0 Å². The molecule has 2 aliphatic heterocycles. The smallest absolute Gasteiger partial charge is 0.0234 e. The zero-order valence-corrected chi connectivity index (χ0v) is 11.5. The van der Waals surface area contributed by atoms with E-state index in [0.29, 0.717) is 5.41 Å². The van der Waals surface area contributed by atoms with E-state index in [9.17, 15) is 0 Å². The number of piperidine rings is 1. The molecule has 2 heteroatoms. The van der Waals surface area contributed by atoms with Crippen LogP contribution in [0.4, 0.5) is 0 Å². The Balaban J connectivity index is 1.70. The maximum Gasteiger partial charge on any atom is 0.0234 e. The third kappa shape index (κ3) is 2.19. The second-order valence-electron chi connectivity index (χ2n) is 6.52. The van der Waals surface area contributed by atoms with Gasteiger partial charge in [-0.05, 0) is 29.4 Å². The number of hydrogen-bond donors (Lipinski definition) is 1. The molecule has 0 saturated carbocycles. The van der Waals surface area contributed by atoms with Gasteiger partial charge in [0.05, 0.1) is 0 Å². The topological polar surface area (TPSA) is 15.3 Å². The van der Waals surface area contributed by atoms with Crippen molar-refractivity contribution in [2.75, 3.05) is 26.2 Å². The standard InChI is InChI=1S/C16H24N2/c1-13-8-17-11-16(2)12-18(10-15(13)16)9-14-6-4-3-5-7-14/h3-7,13,15,17H,8-12H2,1-2H3/t13?,15-,16+/m1/s1. The molecular formula is C16H24N2.